The van der Waals surface area contributed by atoms with Crippen molar-refractivity contribution in [2.45, 2.75) is 83.5 Å². The molecule has 1 aliphatic carbocycles. The van der Waals surface area contributed by atoms with E-state index in [2.05, 4.69) is 43.4 Å². The molecule has 1 heterocycles. The normalized spacial score (nSPS) is 25.1. The van der Waals surface area contributed by atoms with Gasteiger partial charge in [0.05, 0.1) is 12.2 Å². The summed E-state index contributed by atoms with van der Waals surface area (Å²) < 4.78 is 11.9. The number of nitrogens with one attached hydrogen (secondary N) is 1. The molecule has 1 fully saturated rings. The van der Waals surface area contributed by atoms with Crippen LogP contribution in [0.4, 0.5) is 5.69 Å². The second-order valence-electron chi connectivity index (χ2n) is 9.45. The van der Waals surface area contributed by atoms with Crippen LogP contribution in [-0.4, -0.2) is 29.3 Å². The molecule has 2 aromatic carbocycles. The van der Waals surface area contributed by atoms with Gasteiger partial charge < -0.3 is 19.9 Å². The smallest absolute Gasteiger partial charge is 0.308 e. The van der Waals surface area contributed by atoms with Crippen LogP contribution in [-0.2, 0) is 11.2 Å². The highest BCUT2D eigenvalue weighted by Gasteiger charge is 2.41. The lowest BCUT2D eigenvalue weighted by atomic mass is 9.68. The molecule has 32 heavy (non-hydrogen) atoms. The van der Waals surface area contributed by atoms with Crippen molar-refractivity contribution >= 4 is 11.7 Å². The molecule has 5 nitrogen and oxygen atoms in total. The number of benzene rings is 2. The molecule has 1 saturated carbocycles. The van der Waals surface area contributed by atoms with E-state index in [1.807, 2.05) is 18.2 Å². The lowest BCUT2D eigenvalue weighted by molar-refractivity contribution is -0.131. The van der Waals surface area contributed by atoms with Crippen molar-refractivity contribution in [1.82, 2.24) is 0 Å². The summed E-state index contributed by atoms with van der Waals surface area (Å²) in [6, 6.07) is 14.7. The number of anilines is 1. The third kappa shape index (κ3) is 5.26. The summed E-state index contributed by atoms with van der Waals surface area (Å²) >= 11 is 0. The minimum Gasteiger partial charge on any atom is -0.491 e. The summed E-state index contributed by atoms with van der Waals surface area (Å²) in [5, 5.41) is 13.9. The molecule has 0 spiro atoms. The van der Waals surface area contributed by atoms with E-state index >= 15 is 0 Å². The highest BCUT2D eigenvalue weighted by molar-refractivity contribution is 5.73. The van der Waals surface area contributed by atoms with Gasteiger partial charge in [0, 0.05) is 36.3 Å². The summed E-state index contributed by atoms with van der Waals surface area (Å²) in [6.07, 6.45) is 5.25. The van der Waals surface area contributed by atoms with Crippen molar-refractivity contribution in [2.75, 3.05) is 5.32 Å². The molecule has 0 bridgehead atoms. The minimum atomic E-state index is -0.341. The first-order valence-electron chi connectivity index (χ1n) is 11.9. The number of ether oxygens (including phenoxy) is 2. The van der Waals surface area contributed by atoms with Crippen LogP contribution in [0.25, 0.3) is 0 Å². The maximum atomic E-state index is 11.9. The Morgan fingerprint density at radius 1 is 1.22 bits per heavy atom. The molecule has 5 heteroatoms. The third-order valence-corrected chi connectivity index (χ3v) is 6.90. The maximum Gasteiger partial charge on any atom is 0.308 e. The van der Waals surface area contributed by atoms with Crippen LogP contribution < -0.4 is 14.8 Å². The topological polar surface area (TPSA) is 67.8 Å². The SMILES string of the molecule is CC(=O)Oc1cc(OC(C)CCCc2ccccc2)cc2c1[C@@H]1C[C@H](O)CC[C@H]1[C@@H](C)N2. The molecule has 4 rings (SSSR count). The van der Waals surface area contributed by atoms with Gasteiger partial charge >= 0.3 is 5.97 Å². The van der Waals surface area contributed by atoms with E-state index in [0.717, 1.165) is 43.4 Å². The van der Waals surface area contributed by atoms with E-state index in [0.29, 0.717) is 29.9 Å². The molecule has 2 aromatic rings. The fourth-order valence-corrected chi connectivity index (χ4v) is 5.39. The molecular weight excluding hydrogens is 402 g/mol. The molecule has 172 valence electrons. The zero-order valence-electron chi connectivity index (χ0n) is 19.3. The molecule has 0 aromatic heterocycles. The Morgan fingerprint density at radius 3 is 2.75 bits per heavy atom. The Morgan fingerprint density at radius 2 is 2.00 bits per heavy atom. The number of aliphatic hydroxyl groups is 1. The first-order valence-corrected chi connectivity index (χ1v) is 11.9. The number of esters is 1. The molecule has 0 amide bonds. The number of aryl methyl sites for hydroxylation is 1. The van der Waals surface area contributed by atoms with Gasteiger partial charge in [-0.3, -0.25) is 4.79 Å². The quantitative estimate of drug-likeness (QED) is 0.445. The number of aliphatic hydroxyl groups excluding tert-OH is 1. The van der Waals surface area contributed by atoms with Gasteiger partial charge in [-0.2, -0.15) is 0 Å². The number of fused-ring (bicyclic) bond motifs is 3. The van der Waals surface area contributed by atoms with Crippen LogP contribution in [0.5, 0.6) is 11.5 Å². The number of hydrogen-bond acceptors (Lipinski definition) is 5. The predicted octanol–water partition coefficient (Wildman–Crippen LogP) is 5.46. The zero-order valence-corrected chi connectivity index (χ0v) is 19.3. The van der Waals surface area contributed by atoms with E-state index in [1.54, 1.807) is 0 Å². The summed E-state index contributed by atoms with van der Waals surface area (Å²) in [6.45, 7) is 5.71. The number of hydrogen-bond donors (Lipinski definition) is 2. The molecule has 2 N–H and O–H groups in total. The minimum absolute atomic E-state index is 0.0483. The summed E-state index contributed by atoms with van der Waals surface area (Å²) in [7, 11) is 0. The number of rotatable bonds is 7. The monoisotopic (exact) mass is 437 g/mol. The molecule has 2 aliphatic rings. The van der Waals surface area contributed by atoms with Crippen LogP contribution in [0, 0.1) is 5.92 Å². The van der Waals surface area contributed by atoms with E-state index in [-0.39, 0.29) is 24.1 Å². The average molecular weight is 438 g/mol. The van der Waals surface area contributed by atoms with Crippen LogP contribution in [0.2, 0.25) is 0 Å². The highest BCUT2D eigenvalue weighted by Crippen LogP contribution is 2.51. The number of carbonyl (C=O) groups is 1. The predicted molar refractivity (Wildman–Crippen MR) is 126 cm³/mol. The lowest BCUT2D eigenvalue weighted by Gasteiger charge is -2.44. The van der Waals surface area contributed by atoms with Gasteiger partial charge in [-0.15, -0.1) is 0 Å². The zero-order chi connectivity index (χ0) is 22.7. The van der Waals surface area contributed by atoms with Crippen molar-refractivity contribution < 1.29 is 19.4 Å². The molecular formula is C27H35NO4. The Hall–Kier alpha value is -2.53. The van der Waals surface area contributed by atoms with Crippen molar-refractivity contribution in [3.8, 4) is 11.5 Å². The van der Waals surface area contributed by atoms with E-state index in [4.69, 9.17) is 9.47 Å². The van der Waals surface area contributed by atoms with Gasteiger partial charge in [-0.05, 0) is 69.8 Å². The molecule has 1 aliphatic heterocycles. The number of carbonyl (C=O) groups excluding carboxylic acids is 1. The van der Waals surface area contributed by atoms with Gasteiger partial charge in [0.2, 0.25) is 0 Å². The maximum absolute atomic E-state index is 11.9. The molecule has 5 atom stereocenters. The van der Waals surface area contributed by atoms with E-state index in [9.17, 15) is 9.90 Å². The molecule has 0 radical (unpaired) electrons. The summed E-state index contributed by atoms with van der Waals surface area (Å²) in [5.74, 6) is 1.53. The Balaban J connectivity index is 1.51. The van der Waals surface area contributed by atoms with Crippen LogP contribution >= 0.6 is 0 Å². The lowest BCUT2D eigenvalue weighted by Crippen LogP contribution is -2.40. The second-order valence-corrected chi connectivity index (χ2v) is 9.45. The second kappa shape index (κ2) is 9.95. The largest absolute Gasteiger partial charge is 0.491 e. The van der Waals surface area contributed by atoms with Crippen molar-refractivity contribution in [2.24, 2.45) is 5.92 Å². The van der Waals surface area contributed by atoms with E-state index < -0.39 is 0 Å². The van der Waals surface area contributed by atoms with Crippen molar-refractivity contribution in [3.63, 3.8) is 0 Å². The van der Waals surface area contributed by atoms with Gasteiger partial charge in [-0.25, -0.2) is 0 Å². The average Bonchev–Trinajstić information content (AvgIpc) is 2.73. The summed E-state index contributed by atoms with van der Waals surface area (Å²) in [4.78, 5) is 11.9. The first-order chi connectivity index (χ1) is 15.4. The summed E-state index contributed by atoms with van der Waals surface area (Å²) in [5.41, 5.74) is 3.30. The first kappa shape index (κ1) is 22.7. The van der Waals surface area contributed by atoms with Gasteiger partial charge in [0.15, 0.2) is 0 Å². The van der Waals surface area contributed by atoms with Crippen LogP contribution in [0.3, 0.4) is 0 Å². The Kier molecular flexibility index (Phi) is 7.04. The van der Waals surface area contributed by atoms with Crippen LogP contribution in [0.1, 0.15) is 69.9 Å². The van der Waals surface area contributed by atoms with E-state index in [1.165, 1.54) is 12.5 Å². The molecule has 0 saturated heterocycles. The standard InChI is InChI=1S/C27H35NO4/c1-17(8-7-11-20-9-5-4-6-10-20)31-22-15-25-27(26(16-22)32-19(3)29)24-14-21(30)12-13-23(24)18(2)28-25/h4-6,9-10,15-18,21,23-24,28,30H,7-8,11-14H2,1-3H3/t17?,18-,21-,23+,24-/m1/s1. The fourth-order valence-electron chi connectivity index (χ4n) is 5.39. The fraction of sp³-hybridized carbons (Fsp3) is 0.519. The molecule has 1 unspecified atom stereocenters. The van der Waals surface area contributed by atoms with Crippen molar-refractivity contribution in [3.05, 3.63) is 53.6 Å². The van der Waals surface area contributed by atoms with Gasteiger partial charge in [0.1, 0.15) is 11.5 Å². The third-order valence-electron chi connectivity index (χ3n) is 6.90. The Bertz CT molecular complexity index is 929. The highest BCUT2D eigenvalue weighted by atomic mass is 16.5. The van der Waals surface area contributed by atoms with Gasteiger partial charge in [-0.1, -0.05) is 30.3 Å². The van der Waals surface area contributed by atoms with Gasteiger partial charge in [0.25, 0.3) is 0 Å². The van der Waals surface area contributed by atoms with Crippen molar-refractivity contribution in [1.29, 1.82) is 0 Å². The Labute approximate surface area is 191 Å². The van der Waals surface area contributed by atoms with Crippen LogP contribution in [0.15, 0.2) is 42.5 Å².